The molecule has 1 aromatic rings. The minimum Gasteiger partial charge on any atom is -0.193 e. The third-order valence-corrected chi connectivity index (χ3v) is 3.50. The minimum absolute atomic E-state index is 0.122. The second kappa shape index (κ2) is 4.02. The zero-order valence-electron chi connectivity index (χ0n) is 6.00. The Morgan fingerprint density at radius 2 is 1.77 bits per heavy atom. The van der Waals surface area contributed by atoms with E-state index in [-0.39, 0.29) is 14.9 Å². The molecule has 0 aliphatic rings. The maximum absolute atomic E-state index is 11.0. The smallest absolute Gasteiger partial charge is 0.193 e. The lowest BCUT2D eigenvalue weighted by Gasteiger charge is -2.00. The van der Waals surface area contributed by atoms with Gasteiger partial charge in [-0.25, -0.2) is 0 Å². The molecule has 0 radical (unpaired) electrons. The van der Waals surface area contributed by atoms with E-state index >= 15 is 0 Å². The molecule has 0 spiro atoms. The minimum atomic E-state index is -3.92. The summed E-state index contributed by atoms with van der Waals surface area (Å²) in [5.41, 5.74) is 0. The van der Waals surface area contributed by atoms with Crippen molar-refractivity contribution in [2.24, 2.45) is 0 Å². The molecule has 0 saturated carbocycles. The molecule has 0 aliphatic carbocycles. The Kier molecular flexibility index (Phi) is 3.43. The fraction of sp³-hybridized carbons (Fsp3) is 0. The second-order valence-electron chi connectivity index (χ2n) is 2.09. The molecule has 0 heterocycles. The van der Waals surface area contributed by atoms with Gasteiger partial charge in [0, 0.05) is 0 Å². The largest absolute Gasteiger partial charge is 0.312 e. The van der Waals surface area contributed by atoms with E-state index in [9.17, 15) is 8.42 Å². The van der Waals surface area contributed by atoms with Crippen LogP contribution >= 0.6 is 35.1 Å². The van der Waals surface area contributed by atoms with Gasteiger partial charge in [0.2, 0.25) is 0 Å². The molecule has 0 atom stereocenters. The van der Waals surface area contributed by atoms with E-state index in [0.29, 0.717) is 0 Å². The van der Waals surface area contributed by atoms with Crippen LogP contribution in [0.1, 0.15) is 0 Å². The fourth-order valence-corrected chi connectivity index (χ4v) is 1.82. The summed E-state index contributed by atoms with van der Waals surface area (Å²) < 4.78 is 25.8. The Hall–Kier alpha value is -0.000000000000000111. The van der Waals surface area contributed by atoms with E-state index in [2.05, 4.69) is 3.74 Å². The highest BCUT2D eigenvalue weighted by Gasteiger charge is 2.15. The van der Waals surface area contributed by atoms with Crippen molar-refractivity contribution in [3.63, 3.8) is 0 Å². The highest BCUT2D eigenvalue weighted by Crippen LogP contribution is 2.25. The molecule has 72 valence electrons. The summed E-state index contributed by atoms with van der Waals surface area (Å²) in [7, 11) is -3.92. The van der Waals surface area contributed by atoms with Gasteiger partial charge in [-0.15, -0.1) is 0 Å². The number of hydrogen-bond acceptors (Lipinski definition) is 3. The van der Waals surface area contributed by atoms with E-state index in [0.717, 1.165) is 6.07 Å². The summed E-state index contributed by atoms with van der Waals surface area (Å²) >= 11 is 15.9. The van der Waals surface area contributed by atoms with Crippen molar-refractivity contribution < 1.29 is 12.2 Å². The number of rotatable bonds is 2. The average Bonchev–Trinajstić information content (AvgIpc) is 2.09. The van der Waals surface area contributed by atoms with Gasteiger partial charge in [0.05, 0.1) is 26.8 Å². The van der Waals surface area contributed by atoms with Gasteiger partial charge in [-0.1, -0.05) is 23.2 Å². The van der Waals surface area contributed by atoms with E-state index in [4.69, 9.17) is 35.1 Å². The summed E-state index contributed by atoms with van der Waals surface area (Å²) in [5, 5.41) is 0.381. The summed E-state index contributed by atoms with van der Waals surface area (Å²) in [6.07, 6.45) is 0. The van der Waals surface area contributed by atoms with Gasteiger partial charge >= 0.3 is 10.1 Å². The van der Waals surface area contributed by atoms with Crippen molar-refractivity contribution >= 4 is 45.2 Å². The molecule has 0 aliphatic heterocycles. The van der Waals surface area contributed by atoms with Crippen LogP contribution in [-0.4, -0.2) is 8.42 Å². The molecule has 0 bridgehead atoms. The molecule has 0 amide bonds. The molecule has 13 heavy (non-hydrogen) atoms. The van der Waals surface area contributed by atoms with E-state index in [1.807, 2.05) is 0 Å². The second-order valence-corrected chi connectivity index (χ2v) is 4.79. The van der Waals surface area contributed by atoms with Crippen LogP contribution in [0.2, 0.25) is 10.0 Å². The van der Waals surface area contributed by atoms with Crippen molar-refractivity contribution in [2.75, 3.05) is 0 Å². The first-order valence-electron chi connectivity index (χ1n) is 2.97. The van der Waals surface area contributed by atoms with E-state index in [1.165, 1.54) is 12.1 Å². The van der Waals surface area contributed by atoms with Crippen molar-refractivity contribution in [3.05, 3.63) is 28.2 Å². The molecule has 1 aromatic carbocycles. The summed E-state index contributed by atoms with van der Waals surface area (Å²) in [5.74, 6) is 0. The molecule has 0 N–H and O–H groups in total. The average molecular weight is 262 g/mol. The zero-order valence-corrected chi connectivity index (χ0v) is 9.08. The van der Waals surface area contributed by atoms with Gasteiger partial charge in [-0.05, 0) is 18.2 Å². The molecule has 0 saturated heterocycles. The molecular formula is C6H3Cl3O3S. The van der Waals surface area contributed by atoms with E-state index < -0.39 is 10.1 Å². The Morgan fingerprint density at radius 3 is 2.23 bits per heavy atom. The maximum Gasteiger partial charge on any atom is 0.312 e. The van der Waals surface area contributed by atoms with Crippen molar-refractivity contribution in [2.45, 2.75) is 4.90 Å². The van der Waals surface area contributed by atoms with Crippen LogP contribution in [0, 0.1) is 0 Å². The van der Waals surface area contributed by atoms with Crippen LogP contribution in [0.5, 0.6) is 0 Å². The third-order valence-electron chi connectivity index (χ3n) is 1.26. The highest BCUT2D eigenvalue weighted by molar-refractivity contribution is 7.87. The predicted molar refractivity (Wildman–Crippen MR) is 50.6 cm³/mol. The zero-order chi connectivity index (χ0) is 10.1. The van der Waals surface area contributed by atoms with Crippen molar-refractivity contribution in [1.29, 1.82) is 0 Å². The predicted octanol–water partition coefficient (Wildman–Crippen LogP) is 2.85. The Bertz CT molecular complexity index is 415. The molecule has 0 unspecified atom stereocenters. The Labute approximate surface area is 90.5 Å². The van der Waals surface area contributed by atoms with Gasteiger partial charge in [-0.2, -0.15) is 12.2 Å². The lowest BCUT2D eigenvalue weighted by atomic mass is 10.4. The standard InChI is InChI=1S/C6H3Cl3O3S/c7-5-2-1-4(3-6(5)8)13(10,11)12-9/h1-3H. The number of benzene rings is 1. The molecule has 0 fully saturated rings. The topological polar surface area (TPSA) is 43.4 Å². The molecule has 3 nitrogen and oxygen atoms in total. The van der Waals surface area contributed by atoms with Crippen LogP contribution in [0.3, 0.4) is 0 Å². The molecule has 7 heteroatoms. The van der Waals surface area contributed by atoms with E-state index in [1.54, 1.807) is 0 Å². The third kappa shape index (κ3) is 2.48. The monoisotopic (exact) mass is 260 g/mol. The molecule has 0 aromatic heterocycles. The normalized spacial score (nSPS) is 11.6. The first kappa shape index (κ1) is 11.1. The Morgan fingerprint density at radius 1 is 1.15 bits per heavy atom. The quantitative estimate of drug-likeness (QED) is 0.822. The SMILES string of the molecule is O=S(=O)(OCl)c1ccc(Cl)c(Cl)c1. The lowest BCUT2D eigenvalue weighted by Crippen LogP contribution is -1.99. The highest BCUT2D eigenvalue weighted by atomic mass is 35.5. The van der Waals surface area contributed by atoms with Crippen LogP contribution in [0.25, 0.3) is 0 Å². The molecular weight excluding hydrogens is 258 g/mol. The van der Waals surface area contributed by atoms with Gasteiger partial charge in [-0.3, -0.25) is 0 Å². The fourth-order valence-electron chi connectivity index (χ4n) is 0.669. The van der Waals surface area contributed by atoms with Crippen molar-refractivity contribution in [3.8, 4) is 0 Å². The first-order chi connectivity index (χ1) is 5.97. The summed E-state index contributed by atoms with van der Waals surface area (Å²) in [6.45, 7) is 0. The van der Waals surface area contributed by atoms with Gasteiger partial charge in [0.15, 0.2) is 0 Å². The van der Waals surface area contributed by atoms with Crippen LogP contribution in [-0.2, 0) is 13.9 Å². The first-order valence-corrected chi connectivity index (χ1v) is 5.45. The van der Waals surface area contributed by atoms with Crippen LogP contribution < -0.4 is 0 Å². The van der Waals surface area contributed by atoms with Crippen LogP contribution in [0.15, 0.2) is 23.1 Å². The summed E-state index contributed by atoms with van der Waals surface area (Å²) in [6, 6.07) is 3.74. The van der Waals surface area contributed by atoms with Crippen molar-refractivity contribution in [1.82, 2.24) is 0 Å². The van der Waals surface area contributed by atoms with Gasteiger partial charge < -0.3 is 0 Å². The number of hydrogen-bond donors (Lipinski definition) is 0. The summed E-state index contributed by atoms with van der Waals surface area (Å²) in [4.78, 5) is -0.142. The van der Waals surface area contributed by atoms with Crippen LogP contribution in [0.4, 0.5) is 0 Å². The van der Waals surface area contributed by atoms with Gasteiger partial charge in [0.25, 0.3) is 0 Å². The lowest BCUT2D eigenvalue weighted by molar-refractivity contribution is 0.509. The maximum atomic E-state index is 11.0. The van der Waals surface area contributed by atoms with Gasteiger partial charge in [0.1, 0.15) is 0 Å². The number of halogens is 3. The molecule has 1 rings (SSSR count). The Balaban J connectivity index is 3.27.